The van der Waals surface area contributed by atoms with Gasteiger partial charge in [-0.1, -0.05) is 60.2 Å². The summed E-state index contributed by atoms with van der Waals surface area (Å²) in [5.74, 6) is 2.01. The SMILES string of the molecule is Cc1ccc(CNC(=O)N2CCC(Cc3nc(-c4ccccc4)n[nH]3)C2)cc1. The van der Waals surface area contributed by atoms with Crippen molar-refractivity contribution in [3.63, 3.8) is 0 Å². The van der Waals surface area contributed by atoms with Gasteiger partial charge in [0.2, 0.25) is 0 Å². The van der Waals surface area contributed by atoms with Gasteiger partial charge < -0.3 is 10.2 Å². The van der Waals surface area contributed by atoms with Crippen molar-refractivity contribution >= 4 is 6.03 Å². The molecule has 3 aromatic rings. The number of aryl methyl sites for hydroxylation is 1. The average molecular weight is 375 g/mol. The lowest BCUT2D eigenvalue weighted by Gasteiger charge is -2.17. The number of nitrogens with one attached hydrogen (secondary N) is 2. The normalized spacial score (nSPS) is 16.3. The van der Waals surface area contributed by atoms with E-state index in [9.17, 15) is 4.79 Å². The maximum Gasteiger partial charge on any atom is 0.317 e. The van der Waals surface area contributed by atoms with Gasteiger partial charge in [-0.05, 0) is 24.8 Å². The van der Waals surface area contributed by atoms with Crippen LogP contribution in [0.15, 0.2) is 54.6 Å². The molecule has 2 amide bonds. The first-order valence-corrected chi connectivity index (χ1v) is 9.72. The Hall–Kier alpha value is -3.15. The van der Waals surface area contributed by atoms with Crippen LogP contribution in [0.25, 0.3) is 11.4 Å². The summed E-state index contributed by atoms with van der Waals surface area (Å²) in [7, 11) is 0. The van der Waals surface area contributed by atoms with Gasteiger partial charge >= 0.3 is 6.03 Å². The van der Waals surface area contributed by atoms with Crippen molar-refractivity contribution in [1.82, 2.24) is 25.4 Å². The molecule has 2 N–H and O–H groups in total. The van der Waals surface area contributed by atoms with Crippen molar-refractivity contribution in [3.05, 3.63) is 71.5 Å². The van der Waals surface area contributed by atoms with Gasteiger partial charge in [-0.2, -0.15) is 5.10 Å². The van der Waals surface area contributed by atoms with Crippen molar-refractivity contribution in [1.29, 1.82) is 0 Å². The second-order valence-corrected chi connectivity index (χ2v) is 7.42. The van der Waals surface area contributed by atoms with Crippen LogP contribution < -0.4 is 5.32 Å². The first-order valence-electron chi connectivity index (χ1n) is 9.72. The van der Waals surface area contributed by atoms with Crippen LogP contribution in [0.3, 0.4) is 0 Å². The maximum absolute atomic E-state index is 12.5. The summed E-state index contributed by atoms with van der Waals surface area (Å²) < 4.78 is 0. The first-order chi connectivity index (χ1) is 13.7. The molecule has 1 fully saturated rings. The van der Waals surface area contributed by atoms with E-state index in [-0.39, 0.29) is 6.03 Å². The minimum absolute atomic E-state index is 0.00520. The van der Waals surface area contributed by atoms with Gasteiger partial charge in [0.15, 0.2) is 5.82 Å². The number of aromatic nitrogens is 3. The molecular formula is C22H25N5O. The molecule has 1 unspecified atom stereocenters. The smallest absolute Gasteiger partial charge is 0.317 e. The molecule has 0 aliphatic carbocycles. The van der Waals surface area contributed by atoms with Gasteiger partial charge in [-0.15, -0.1) is 0 Å². The molecule has 2 heterocycles. The quantitative estimate of drug-likeness (QED) is 0.716. The molecular weight excluding hydrogens is 350 g/mol. The highest BCUT2D eigenvalue weighted by Crippen LogP contribution is 2.21. The van der Waals surface area contributed by atoms with Crippen molar-refractivity contribution in [2.45, 2.75) is 26.3 Å². The highest BCUT2D eigenvalue weighted by atomic mass is 16.2. The molecule has 4 rings (SSSR count). The molecule has 6 nitrogen and oxygen atoms in total. The molecule has 1 aliphatic rings. The summed E-state index contributed by atoms with van der Waals surface area (Å²) in [6.07, 6.45) is 1.79. The number of nitrogens with zero attached hydrogens (tertiary/aromatic N) is 3. The number of urea groups is 1. The summed E-state index contributed by atoms with van der Waals surface area (Å²) in [6, 6.07) is 18.2. The molecule has 28 heavy (non-hydrogen) atoms. The van der Waals surface area contributed by atoms with Crippen molar-refractivity contribution in [3.8, 4) is 11.4 Å². The van der Waals surface area contributed by atoms with Crippen LogP contribution in [0, 0.1) is 12.8 Å². The third-order valence-electron chi connectivity index (χ3n) is 5.18. The lowest BCUT2D eigenvalue weighted by atomic mass is 10.1. The highest BCUT2D eigenvalue weighted by Gasteiger charge is 2.27. The van der Waals surface area contributed by atoms with Crippen LogP contribution in [0.4, 0.5) is 4.79 Å². The lowest BCUT2D eigenvalue weighted by Crippen LogP contribution is -2.38. The van der Waals surface area contributed by atoms with E-state index in [1.54, 1.807) is 0 Å². The molecule has 0 bridgehead atoms. The minimum Gasteiger partial charge on any atom is -0.334 e. The van der Waals surface area contributed by atoms with Gasteiger partial charge in [0.1, 0.15) is 5.82 Å². The molecule has 2 aromatic carbocycles. The van der Waals surface area contributed by atoms with E-state index in [0.29, 0.717) is 12.5 Å². The van der Waals surface area contributed by atoms with Gasteiger partial charge in [0.25, 0.3) is 0 Å². The molecule has 1 aromatic heterocycles. The maximum atomic E-state index is 12.5. The second-order valence-electron chi connectivity index (χ2n) is 7.42. The summed E-state index contributed by atoms with van der Waals surface area (Å²) in [5.41, 5.74) is 3.35. The Balaban J connectivity index is 1.27. The molecule has 1 aliphatic heterocycles. The fraction of sp³-hybridized carbons (Fsp3) is 0.318. The third kappa shape index (κ3) is 4.39. The fourth-order valence-corrected chi connectivity index (χ4v) is 3.56. The zero-order valence-electron chi connectivity index (χ0n) is 16.1. The monoisotopic (exact) mass is 375 g/mol. The van der Waals surface area contributed by atoms with E-state index in [1.807, 2.05) is 35.2 Å². The Morgan fingerprint density at radius 3 is 2.75 bits per heavy atom. The zero-order chi connectivity index (χ0) is 19.3. The van der Waals surface area contributed by atoms with Gasteiger partial charge in [0, 0.05) is 31.6 Å². The molecule has 0 radical (unpaired) electrons. The van der Waals surface area contributed by atoms with Gasteiger partial charge in [0.05, 0.1) is 0 Å². The Labute approximate surface area is 165 Å². The van der Waals surface area contributed by atoms with Gasteiger partial charge in [-0.25, -0.2) is 9.78 Å². The van der Waals surface area contributed by atoms with Crippen LogP contribution in [0.5, 0.6) is 0 Å². The highest BCUT2D eigenvalue weighted by molar-refractivity contribution is 5.74. The number of rotatable bonds is 5. The van der Waals surface area contributed by atoms with Crippen LogP contribution in [0.1, 0.15) is 23.4 Å². The van der Waals surface area contributed by atoms with E-state index in [0.717, 1.165) is 48.7 Å². The molecule has 1 atom stereocenters. The summed E-state index contributed by atoms with van der Waals surface area (Å²) in [5, 5.41) is 10.4. The molecule has 6 heteroatoms. The number of likely N-dealkylation sites (tertiary alicyclic amines) is 1. The number of hydrogen-bond donors (Lipinski definition) is 2. The van der Waals surface area contributed by atoms with Crippen LogP contribution >= 0.6 is 0 Å². The molecule has 1 saturated heterocycles. The summed E-state index contributed by atoms with van der Waals surface area (Å²) in [4.78, 5) is 19.0. The molecule has 0 saturated carbocycles. The Kier molecular flexibility index (Phi) is 5.37. The number of hydrogen-bond acceptors (Lipinski definition) is 3. The number of H-pyrrole nitrogens is 1. The topological polar surface area (TPSA) is 73.9 Å². The largest absolute Gasteiger partial charge is 0.334 e. The first kappa shape index (κ1) is 18.2. The second kappa shape index (κ2) is 8.25. The van der Waals surface area contributed by atoms with Crippen LogP contribution in [-0.4, -0.2) is 39.2 Å². The number of carbonyl (C=O) groups is 1. The van der Waals surface area contributed by atoms with E-state index in [1.165, 1.54) is 5.56 Å². The van der Waals surface area contributed by atoms with Crippen molar-refractivity contribution in [2.75, 3.05) is 13.1 Å². The van der Waals surface area contributed by atoms with Gasteiger partial charge in [-0.3, -0.25) is 5.10 Å². The fourth-order valence-electron chi connectivity index (χ4n) is 3.56. The summed E-state index contributed by atoms with van der Waals surface area (Å²) in [6.45, 7) is 4.15. The predicted octanol–water partition coefficient (Wildman–Crippen LogP) is 3.55. The van der Waals surface area contributed by atoms with E-state index in [2.05, 4.69) is 51.7 Å². The van der Waals surface area contributed by atoms with Crippen molar-refractivity contribution in [2.24, 2.45) is 5.92 Å². The predicted molar refractivity (Wildman–Crippen MR) is 109 cm³/mol. The number of carbonyl (C=O) groups excluding carboxylic acids is 1. The van der Waals surface area contributed by atoms with Crippen LogP contribution in [0.2, 0.25) is 0 Å². The molecule has 0 spiro atoms. The standard InChI is InChI=1S/C22H25N5O/c1-16-7-9-17(10-8-16)14-23-22(28)27-12-11-18(15-27)13-20-24-21(26-25-20)19-5-3-2-4-6-19/h2-10,18H,11-15H2,1H3,(H,23,28)(H,24,25,26). The third-order valence-corrected chi connectivity index (χ3v) is 5.18. The minimum atomic E-state index is 0.00520. The Morgan fingerprint density at radius 2 is 1.96 bits per heavy atom. The van der Waals surface area contributed by atoms with Crippen molar-refractivity contribution < 1.29 is 4.79 Å². The number of aromatic amines is 1. The zero-order valence-corrected chi connectivity index (χ0v) is 16.1. The average Bonchev–Trinajstić information content (AvgIpc) is 3.38. The Morgan fingerprint density at radius 1 is 1.18 bits per heavy atom. The number of amides is 2. The molecule has 144 valence electrons. The van der Waals surface area contributed by atoms with E-state index < -0.39 is 0 Å². The number of benzene rings is 2. The van der Waals surface area contributed by atoms with Crippen LogP contribution in [-0.2, 0) is 13.0 Å². The Bertz CT molecular complexity index is 920. The lowest BCUT2D eigenvalue weighted by molar-refractivity contribution is 0.206. The van der Waals surface area contributed by atoms with E-state index in [4.69, 9.17) is 0 Å². The van der Waals surface area contributed by atoms with E-state index >= 15 is 0 Å². The summed E-state index contributed by atoms with van der Waals surface area (Å²) >= 11 is 0.